The summed E-state index contributed by atoms with van der Waals surface area (Å²) >= 11 is 0. The van der Waals surface area contributed by atoms with Gasteiger partial charge in [-0.15, -0.1) is 0 Å². The SMILES string of the molecule is CCCC(N)OCCOC(N)CCC. The molecule has 0 aromatic carbocycles. The maximum atomic E-state index is 5.65. The van der Waals surface area contributed by atoms with Crippen LogP contribution in [0.3, 0.4) is 0 Å². The van der Waals surface area contributed by atoms with Crippen LogP contribution in [0.15, 0.2) is 0 Å². The summed E-state index contributed by atoms with van der Waals surface area (Å²) in [6.07, 6.45) is 3.54. The maximum Gasteiger partial charge on any atom is 0.105 e. The van der Waals surface area contributed by atoms with Crippen molar-refractivity contribution in [1.29, 1.82) is 0 Å². The first-order valence-electron chi connectivity index (χ1n) is 5.45. The summed E-state index contributed by atoms with van der Waals surface area (Å²) in [5, 5.41) is 0. The predicted molar refractivity (Wildman–Crippen MR) is 57.7 cm³/mol. The lowest BCUT2D eigenvalue weighted by molar-refractivity contribution is -0.0230. The molecule has 86 valence electrons. The molecular formula is C10H24N2O2. The highest BCUT2D eigenvalue weighted by Crippen LogP contribution is 1.97. The van der Waals surface area contributed by atoms with Crippen molar-refractivity contribution in [3.05, 3.63) is 0 Å². The van der Waals surface area contributed by atoms with Gasteiger partial charge in [0.05, 0.1) is 13.2 Å². The lowest BCUT2D eigenvalue weighted by atomic mass is 10.3. The van der Waals surface area contributed by atoms with Crippen molar-refractivity contribution in [2.75, 3.05) is 13.2 Å². The quantitative estimate of drug-likeness (QED) is 0.437. The molecule has 0 aliphatic rings. The smallest absolute Gasteiger partial charge is 0.105 e. The van der Waals surface area contributed by atoms with E-state index in [1.807, 2.05) is 0 Å². The van der Waals surface area contributed by atoms with Crippen LogP contribution in [0.2, 0.25) is 0 Å². The van der Waals surface area contributed by atoms with Crippen molar-refractivity contribution in [3.63, 3.8) is 0 Å². The molecule has 0 aromatic rings. The van der Waals surface area contributed by atoms with E-state index in [0.29, 0.717) is 13.2 Å². The van der Waals surface area contributed by atoms with Crippen molar-refractivity contribution < 1.29 is 9.47 Å². The van der Waals surface area contributed by atoms with Crippen LogP contribution in [0, 0.1) is 0 Å². The zero-order valence-electron chi connectivity index (χ0n) is 9.37. The van der Waals surface area contributed by atoms with Crippen LogP contribution in [0.25, 0.3) is 0 Å². The van der Waals surface area contributed by atoms with Gasteiger partial charge in [-0.1, -0.05) is 26.7 Å². The van der Waals surface area contributed by atoms with Gasteiger partial charge in [-0.3, -0.25) is 0 Å². The molecule has 0 aliphatic carbocycles. The summed E-state index contributed by atoms with van der Waals surface area (Å²) in [7, 11) is 0. The summed E-state index contributed by atoms with van der Waals surface area (Å²) in [6, 6.07) is 0. The molecule has 2 atom stereocenters. The minimum absolute atomic E-state index is 0.161. The van der Waals surface area contributed by atoms with Gasteiger partial charge in [0.1, 0.15) is 12.5 Å². The van der Waals surface area contributed by atoms with Crippen LogP contribution in [0.5, 0.6) is 0 Å². The molecule has 4 heteroatoms. The Kier molecular flexibility index (Phi) is 9.29. The Bertz CT molecular complexity index is 109. The van der Waals surface area contributed by atoms with Crippen LogP contribution in [-0.2, 0) is 9.47 Å². The molecule has 0 heterocycles. The Balaban J connectivity index is 3.19. The largest absolute Gasteiger partial charge is 0.361 e. The van der Waals surface area contributed by atoms with Crippen molar-refractivity contribution in [3.8, 4) is 0 Å². The van der Waals surface area contributed by atoms with E-state index >= 15 is 0 Å². The first-order valence-corrected chi connectivity index (χ1v) is 5.45. The van der Waals surface area contributed by atoms with Gasteiger partial charge in [-0.2, -0.15) is 0 Å². The fraction of sp³-hybridized carbons (Fsp3) is 1.00. The average Bonchev–Trinajstić information content (AvgIpc) is 2.13. The zero-order chi connectivity index (χ0) is 10.8. The third kappa shape index (κ3) is 8.44. The van der Waals surface area contributed by atoms with Crippen LogP contribution < -0.4 is 11.5 Å². The number of ether oxygens (including phenoxy) is 2. The molecule has 0 rings (SSSR count). The third-order valence-electron chi connectivity index (χ3n) is 1.89. The van der Waals surface area contributed by atoms with Crippen LogP contribution in [0.4, 0.5) is 0 Å². The summed E-state index contributed by atoms with van der Waals surface area (Å²) < 4.78 is 10.6. The molecule has 0 amide bonds. The van der Waals surface area contributed by atoms with Gasteiger partial charge in [-0.25, -0.2) is 0 Å². The van der Waals surface area contributed by atoms with Gasteiger partial charge >= 0.3 is 0 Å². The minimum atomic E-state index is -0.161. The van der Waals surface area contributed by atoms with Gasteiger partial charge in [0.25, 0.3) is 0 Å². The van der Waals surface area contributed by atoms with Gasteiger partial charge in [-0.05, 0) is 12.8 Å². The van der Waals surface area contributed by atoms with Gasteiger partial charge in [0, 0.05) is 0 Å². The molecule has 4 nitrogen and oxygen atoms in total. The van der Waals surface area contributed by atoms with Crippen molar-refractivity contribution in [2.45, 2.75) is 52.0 Å². The van der Waals surface area contributed by atoms with Gasteiger partial charge in [0.15, 0.2) is 0 Å². The lowest BCUT2D eigenvalue weighted by Gasteiger charge is -2.14. The van der Waals surface area contributed by atoms with E-state index in [2.05, 4.69) is 13.8 Å². The first-order chi connectivity index (χ1) is 6.70. The molecule has 0 aromatic heterocycles. The van der Waals surface area contributed by atoms with E-state index in [9.17, 15) is 0 Å². The predicted octanol–water partition coefficient (Wildman–Crippen LogP) is 1.19. The van der Waals surface area contributed by atoms with Crippen molar-refractivity contribution >= 4 is 0 Å². The lowest BCUT2D eigenvalue weighted by Crippen LogP contribution is -2.28. The molecule has 0 aliphatic heterocycles. The molecule has 0 saturated carbocycles. The second-order valence-electron chi connectivity index (χ2n) is 3.40. The zero-order valence-corrected chi connectivity index (χ0v) is 9.37. The molecular weight excluding hydrogens is 180 g/mol. The summed E-state index contributed by atoms with van der Waals surface area (Å²) in [5.41, 5.74) is 11.3. The van der Waals surface area contributed by atoms with E-state index in [0.717, 1.165) is 25.7 Å². The number of rotatable bonds is 9. The molecule has 0 spiro atoms. The third-order valence-corrected chi connectivity index (χ3v) is 1.89. The Morgan fingerprint density at radius 2 is 1.21 bits per heavy atom. The Labute approximate surface area is 86.9 Å². The Morgan fingerprint density at radius 1 is 0.857 bits per heavy atom. The number of nitrogens with two attached hydrogens (primary N) is 2. The number of hydrogen-bond acceptors (Lipinski definition) is 4. The van der Waals surface area contributed by atoms with E-state index in [-0.39, 0.29) is 12.5 Å². The van der Waals surface area contributed by atoms with Gasteiger partial charge in [0.2, 0.25) is 0 Å². The topological polar surface area (TPSA) is 70.5 Å². The Morgan fingerprint density at radius 3 is 1.50 bits per heavy atom. The second kappa shape index (κ2) is 9.40. The Hall–Kier alpha value is -0.160. The molecule has 4 N–H and O–H groups in total. The standard InChI is InChI=1S/C10H24N2O2/c1-3-5-9(11)13-7-8-14-10(12)6-4-2/h9-10H,3-8,11-12H2,1-2H3. The highest BCUT2D eigenvalue weighted by atomic mass is 16.5. The minimum Gasteiger partial charge on any atom is -0.361 e. The first kappa shape index (κ1) is 13.8. The molecule has 14 heavy (non-hydrogen) atoms. The van der Waals surface area contributed by atoms with Crippen molar-refractivity contribution in [1.82, 2.24) is 0 Å². The monoisotopic (exact) mass is 204 g/mol. The second-order valence-corrected chi connectivity index (χ2v) is 3.40. The van der Waals surface area contributed by atoms with E-state index < -0.39 is 0 Å². The molecule has 0 fully saturated rings. The van der Waals surface area contributed by atoms with Crippen LogP contribution in [-0.4, -0.2) is 25.7 Å². The van der Waals surface area contributed by atoms with Gasteiger partial charge < -0.3 is 20.9 Å². The molecule has 0 radical (unpaired) electrons. The van der Waals surface area contributed by atoms with Crippen LogP contribution >= 0.6 is 0 Å². The molecule has 2 unspecified atom stereocenters. The van der Waals surface area contributed by atoms with E-state index in [4.69, 9.17) is 20.9 Å². The van der Waals surface area contributed by atoms with E-state index in [1.54, 1.807) is 0 Å². The summed E-state index contributed by atoms with van der Waals surface area (Å²) in [6.45, 7) is 5.21. The molecule has 0 saturated heterocycles. The highest BCUT2D eigenvalue weighted by Gasteiger charge is 2.02. The fourth-order valence-corrected chi connectivity index (χ4v) is 1.13. The summed E-state index contributed by atoms with van der Waals surface area (Å²) in [4.78, 5) is 0. The molecule has 0 bridgehead atoms. The van der Waals surface area contributed by atoms with Crippen LogP contribution in [0.1, 0.15) is 39.5 Å². The van der Waals surface area contributed by atoms with Crippen molar-refractivity contribution in [2.24, 2.45) is 11.5 Å². The maximum absolute atomic E-state index is 5.65. The van der Waals surface area contributed by atoms with E-state index in [1.165, 1.54) is 0 Å². The normalized spacial score (nSPS) is 15.4. The summed E-state index contributed by atoms with van der Waals surface area (Å²) in [5.74, 6) is 0. The fourth-order valence-electron chi connectivity index (χ4n) is 1.13. The highest BCUT2D eigenvalue weighted by molar-refractivity contribution is 4.48. The average molecular weight is 204 g/mol. The number of hydrogen-bond donors (Lipinski definition) is 2.